The second-order valence-corrected chi connectivity index (χ2v) is 8.11. The lowest BCUT2D eigenvalue weighted by Crippen LogP contribution is -2.28. The first kappa shape index (κ1) is 21.0. The molecule has 0 radical (unpaired) electrons. The van der Waals surface area contributed by atoms with E-state index in [1.165, 1.54) is 12.1 Å². The zero-order valence-corrected chi connectivity index (χ0v) is 18.1. The molecule has 1 saturated heterocycles. The molecule has 7 nitrogen and oxygen atoms in total. The number of nitrogens with one attached hydrogen (secondary N) is 1. The fourth-order valence-electron chi connectivity index (χ4n) is 4.08. The van der Waals surface area contributed by atoms with Crippen molar-refractivity contribution in [3.05, 3.63) is 76.1 Å². The SMILES string of the molecule is Cn1cc(-c2cc(N3C(=O)CCC3=O)ccc2Oc2ccc(F)cc2Cl)c2cc[nH]c(=O)c21. The summed E-state index contributed by atoms with van der Waals surface area (Å²) >= 11 is 6.16. The summed E-state index contributed by atoms with van der Waals surface area (Å²) < 4.78 is 21.2. The molecule has 1 N–H and O–H groups in total. The van der Waals surface area contributed by atoms with Gasteiger partial charge in [0.25, 0.3) is 5.56 Å². The maximum absolute atomic E-state index is 13.5. The highest BCUT2D eigenvalue weighted by molar-refractivity contribution is 6.32. The minimum atomic E-state index is -0.498. The number of ether oxygens (including phenoxy) is 1. The van der Waals surface area contributed by atoms with Crippen LogP contribution in [0, 0.1) is 5.82 Å². The maximum Gasteiger partial charge on any atom is 0.272 e. The van der Waals surface area contributed by atoms with Crippen molar-refractivity contribution < 1.29 is 18.7 Å². The van der Waals surface area contributed by atoms with Crippen LogP contribution in [-0.2, 0) is 16.6 Å². The van der Waals surface area contributed by atoms with E-state index in [-0.39, 0.29) is 41.0 Å². The van der Waals surface area contributed by atoms with E-state index in [4.69, 9.17) is 16.3 Å². The number of aromatic amines is 1. The molecule has 0 saturated carbocycles. The number of rotatable bonds is 4. The molecule has 0 bridgehead atoms. The molecular formula is C24H17ClFN3O4. The van der Waals surface area contributed by atoms with Gasteiger partial charge in [0, 0.05) is 48.8 Å². The van der Waals surface area contributed by atoms with Crippen molar-refractivity contribution in [2.45, 2.75) is 12.8 Å². The van der Waals surface area contributed by atoms with E-state index in [9.17, 15) is 18.8 Å². The van der Waals surface area contributed by atoms with Crippen molar-refractivity contribution in [1.82, 2.24) is 9.55 Å². The van der Waals surface area contributed by atoms with Crippen molar-refractivity contribution in [2.75, 3.05) is 4.90 Å². The van der Waals surface area contributed by atoms with Gasteiger partial charge in [-0.2, -0.15) is 0 Å². The van der Waals surface area contributed by atoms with Gasteiger partial charge in [-0.25, -0.2) is 4.39 Å². The van der Waals surface area contributed by atoms with Crippen LogP contribution in [0.25, 0.3) is 22.0 Å². The first-order valence-electron chi connectivity index (χ1n) is 10.1. The third kappa shape index (κ3) is 3.58. The van der Waals surface area contributed by atoms with Crippen LogP contribution in [0.4, 0.5) is 10.1 Å². The van der Waals surface area contributed by atoms with Crippen LogP contribution in [0.15, 0.2) is 59.7 Å². The number of aromatic nitrogens is 2. The number of aryl methyl sites for hydroxylation is 1. The predicted octanol–water partition coefficient (Wildman–Crippen LogP) is 4.77. The average molecular weight is 466 g/mol. The number of imide groups is 1. The minimum Gasteiger partial charge on any atom is -0.455 e. The molecule has 1 fully saturated rings. The van der Waals surface area contributed by atoms with Crippen molar-refractivity contribution in [1.29, 1.82) is 0 Å². The number of carbonyl (C=O) groups is 2. The van der Waals surface area contributed by atoms with Gasteiger partial charge in [-0.15, -0.1) is 0 Å². The Balaban J connectivity index is 1.72. The van der Waals surface area contributed by atoms with Crippen LogP contribution >= 0.6 is 11.6 Å². The lowest BCUT2D eigenvalue weighted by molar-refractivity contribution is -0.121. The lowest BCUT2D eigenvalue weighted by atomic mass is 10.0. The summed E-state index contributed by atoms with van der Waals surface area (Å²) in [6, 6.07) is 10.4. The summed E-state index contributed by atoms with van der Waals surface area (Å²) in [6.07, 6.45) is 3.62. The van der Waals surface area contributed by atoms with E-state index >= 15 is 0 Å². The molecule has 1 aliphatic heterocycles. The molecule has 1 aliphatic rings. The quantitative estimate of drug-likeness (QED) is 0.440. The summed E-state index contributed by atoms with van der Waals surface area (Å²) in [5.74, 6) is -0.467. The molecule has 33 heavy (non-hydrogen) atoms. The van der Waals surface area contributed by atoms with Gasteiger partial charge < -0.3 is 14.3 Å². The van der Waals surface area contributed by atoms with Gasteiger partial charge in [0.2, 0.25) is 11.8 Å². The van der Waals surface area contributed by atoms with Crippen molar-refractivity contribution in [3.8, 4) is 22.6 Å². The molecule has 5 rings (SSSR count). The summed E-state index contributed by atoms with van der Waals surface area (Å²) in [4.78, 5) is 40.8. The summed E-state index contributed by atoms with van der Waals surface area (Å²) in [7, 11) is 1.75. The van der Waals surface area contributed by atoms with Gasteiger partial charge in [0.1, 0.15) is 22.8 Å². The third-order valence-corrected chi connectivity index (χ3v) is 5.87. The number of carbonyl (C=O) groups excluding carboxylic acids is 2. The number of amides is 2. The number of benzene rings is 2. The fraction of sp³-hybridized carbons (Fsp3) is 0.125. The van der Waals surface area contributed by atoms with Gasteiger partial charge in [-0.05, 0) is 42.5 Å². The molecule has 0 aliphatic carbocycles. The average Bonchev–Trinajstić information content (AvgIpc) is 3.30. The number of nitrogens with zero attached hydrogens (tertiary/aromatic N) is 2. The lowest BCUT2D eigenvalue weighted by Gasteiger charge is -2.18. The Morgan fingerprint density at radius 3 is 2.42 bits per heavy atom. The molecule has 2 amide bonds. The number of hydrogen-bond donors (Lipinski definition) is 1. The third-order valence-electron chi connectivity index (χ3n) is 5.58. The minimum absolute atomic E-state index is 0.0873. The normalized spacial score (nSPS) is 13.8. The highest BCUT2D eigenvalue weighted by atomic mass is 35.5. The monoisotopic (exact) mass is 465 g/mol. The van der Waals surface area contributed by atoms with Gasteiger partial charge in [0.15, 0.2) is 0 Å². The van der Waals surface area contributed by atoms with Crippen LogP contribution in [-0.4, -0.2) is 21.4 Å². The number of pyridine rings is 1. The molecule has 9 heteroatoms. The Kier molecular flexibility index (Phi) is 5.02. The van der Waals surface area contributed by atoms with Gasteiger partial charge >= 0.3 is 0 Å². The van der Waals surface area contributed by atoms with E-state index < -0.39 is 5.82 Å². The zero-order valence-electron chi connectivity index (χ0n) is 17.4. The van der Waals surface area contributed by atoms with Crippen LogP contribution in [0.5, 0.6) is 11.5 Å². The fourth-order valence-corrected chi connectivity index (χ4v) is 4.28. The summed E-state index contributed by atoms with van der Waals surface area (Å²) in [5, 5.41) is 0.747. The van der Waals surface area contributed by atoms with Gasteiger partial charge in [-0.1, -0.05) is 11.6 Å². The van der Waals surface area contributed by atoms with E-state index in [1.807, 2.05) is 0 Å². The molecular weight excluding hydrogens is 449 g/mol. The second-order valence-electron chi connectivity index (χ2n) is 7.70. The molecule has 0 unspecified atom stereocenters. The maximum atomic E-state index is 13.5. The Labute approximate surface area is 192 Å². The van der Waals surface area contributed by atoms with E-state index in [2.05, 4.69) is 4.98 Å². The van der Waals surface area contributed by atoms with E-state index in [0.29, 0.717) is 33.5 Å². The molecule has 3 heterocycles. The smallest absolute Gasteiger partial charge is 0.272 e. The predicted molar refractivity (Wildman–Crippen MR) is 122 cm³/mol. The van der Waals surface area contributed by atoms with Crippen molar-refractivity contribution in [3.63, 3.8) is 0 Å². The topological polar surface area (TPSA) is 84.4 Å². The van der Waals surface area contributed by atoms with Crippen molar-refractivity contribution in [2.24, 2.45) is 7.05 Å². The summed E-state index contributed by atoms with van der Waals surface area (Å²) in [6.45, 7) is 0. The highest BCUT2D eigenvalue weighted by Crippen LogP contribution is 2.41. The van der Waals surface area contributed by atoms with E-state index in [0.717, 1.165) is 11.0 Å². The zero-order chi connectivity index (χ0) is 23.3. The van der Waals surface area contributed by atoms with Gasteiger partial charge in [-0.3, -0.25) is 19.3 Å². The molecule has 4 aromatic rings. The Hall–Kier alpha value is -3.91. The number of halogens is 2. The molecule has 0 spiro atoms. The number of H-pyrrole nitrogens is 1. The standard InChI is InChI=1S/C24H17ClFN3O4/c1-28-12-17(15-8-9-27-24(32)23(15)28)16-11-14(29-21(30)6-7-22(29)31)3-5-19(16)33-20-4-2-13(26)10-18(20)25/h2-5,8-12H,6-7H2,1H3,(H,27,32). The second kappa shape index (κ2) is 7.90. The van der Waals surface area contributed by atoms with Crippen molar-refractivity contribution >= 4 is 40.0 Å². The number of hydrogen-bond acceptors (Lipinski definition) is 4. The van der Waals surface area contributed by atoms with E-state index in [1.54, 1.807) is 48.3 Å². The first-order chi connectivity index (χ1) is 15.8. The Morgan fingerprint density at radius 2 is 1.70 bits per heavy atom. The molecule has 2 aromatic heterocycles. The Morgan fingerprint density at radius 1 is 0.970 bits per heavy atom. The number of fused-ring (bicyclic) bond motifs is 1. The van der Waals surface area contributed by atoms with Crippen LogP contribution in [0.3, 0.4) is 0 Å². The molecule has 166 valence electrons. The number of anilines is 1. The highest BCUT2D eigenvalue weighted by Gasteiger charge is 2.31. The first-order valence-corrected chi connectivity index (χ1v) is 10.5. The largest absolute Gasteiger partial charge is 0.455 e. The van der Waals surface area contributed by atoms with Gasteiger partial charge in [0.05, 0.1) is 10.7 Å². The van der Waals surface area contributed by atoms with Crippen LogP contribution < -0.4 is 15.2 Å². The Bertz CT molecular complexity index is 1490. The van der Waals surface area contributed by atoms with Crippen LogP contribution in [0.2, 0.25) is 5.02 Å². The summed E-state index contributed by atoms with van der Waals surface area (Å²) in [5.41, 5.74) is 1.80. The molecule has 0 atom stereocenters. The molecule has 2 aromatic carbocycles. The van der Waals surface area contributed by atoms with Crippen LogP contribution in [0.1, 0.15) is 12.8 Å².